The van der Waals surface area contributed by atoms with Gasteiger partial charge in [0.15, 0.2) is 5.89 Å². The van der Waals surface area contributed by atoms with Crippen molar-refractivity contribution in [3.63, 3.8) is 0 Å². The van der Waals surface area contributed by atoms with Gasteiger partial charge in [0.1, 0.15) is 6.26 Å². The molecule has 3 heterocycles. The molecule has 1 amide bonds. The Labute approximate surface area is 168 Å². The van der Waals surface area contributed by atoms with Gasteiger partial charge in [0.05, 0.1) is 5.69 Å². The van der Waals surface area contributed by atoms with Gasteiger partial charge in [-0.2, -0.15) is 0 Å². The first kappa shape index (κ1) is 23.2. The van der Waals surface area contributed by atoms with Gasteiger partial charge in [-0.15, -0.1) is 24.8 Å². The molecule has 0 bridgehead atoms. The molecule has 0 saturated carbocycles. The van der Waals surface area contributed by atoms with Gasteiger partial charge in [-0.05, 0) is 31.7 Å². The second-order valence-corrected chi connectivity index (χ2v) is 7.45. The molecule has 0 radical (unpaired) electrons. The van der Waals surface area contributed by atoms with Gasteiger partial charge in [0.25, 0.3) is 0 Å². The molecular formula is C18H32Cl2N4O2. The molecule has 0 aromatic carbocycles. The quantitative estimate of drug-likeness (QED) is 0.785. The Kier molecular flexibility index (Phi) is 9.38. The molecule has 0 unspecified atom stereocenters. The third-order valence-corrected chi connectivity index (χ3v) is 5.28. The summed E-state index contributed by atoms with van der Waals surface area (Å²) in [6.07, 6.45) is 5.43. The fourth-order valence-electron chi connectivity index (χ4n) is 4.01. The minimum Gasteiger partial charge on any atom is -0.448 e. The third-order valence-electron chi connectivity index (χ3n) is 5.28. The molecule has 2 aliphatic heterocycles. The molecule has 2 atom stereocenters. The third kappa shape index (κ3) is 5.35. The zero-order valence-corrected chi connectivity index (χ0v) is 17.4. The smallest absolute Gasteiger partial charge is 0.222 e. The average Bonchev–Trinajstić information content (AvgIpc) is 3.03. The first-order chi connectivity index (χ1) is 11.6. The number of hydrogen-bond acceptors (Lipinski definition) is 5. The van der Waals surface area contributed by atoms with Crippen LogP contribution in [-0.4, -0.2) is 52.9 Å². The van der Waals surface area contributed by atoms with E-state index in [1.807, 2.05) is 0 Å². The number of carbonyl (C=O) groups excluding carboxylic acids is 1. The molecule has 2 fully saturated rings. The Morgan fingerprint density at radius 3 is 2.77 bits per heavy atom. The lowest BCUT2D eigenvalue weighted by atomic mass is 9.83. The van der Waals surface area contributed by atoms with Crippen molar-refractivity contribution in [3.05, 3.63) is 17.8 Å². The van der Waals surface area contributed by atoms with E-state index < -0.39 is 0 Å². The fourth-order valence-corrected chi connectivity index (χ4v) is 4.01. The van der Waals surface area contributed by atoms with Crippen LogP contribution >= 0.6 is 24.8 Å². The van der Waals surface area contributed by atoms with Crippen LogP contribution in [0.2, 0.25) is 0 Å². The van der Waals surface area contributed by atoms with Gasteiger partial charge in [0.2, 0.25) is 5.91 Å². The Bertz CT molecular complexity index is 567. The summed E-state index contributed by atoms with van der Waals surface area (Å²) < 4.78 is 5.55. The van der Waals surface area contributed by atoms with Crippen LogP contribution in [0.25, 0.3) is 0 Å². The van der Waals surface area contributed by atoms with Crippen LogP contribution in [0.5, 0.6) is 0 Å². The summed E-state index contributed by atoms with van der Waals surface area (Å²) in [5.74, 6) is 2.03. The minimum atomic E-state index is 0. The zero-order valence-electron chi connectivity index (χ0n) is 15.7. The van der Waals surface area contributed by atoms with Crippen molar-refractivity contribution in [2.75, 3.05) is 26.2 Å². The predicted molar refractivity (Wildman–Crippen MR) is 107 cm³/mol. The van der Waals surface area contributed by atoms with Gasteiger partial charge in [-0.3, -0.25) is 9.69 Å². The SMILES string of the molecule is CC(C)c1nc(CN2CC[C@@H]3[C@@H](CCC(=O)N3CCCN)C2)co1.Cl.Cl. The summed E-state index contributed by atoms with van der Waals surface area (Å²) in [4.78, 5) is 21.4. The molecule has 0 spiro atoms. The van der Waals surface area contributed by atoms with Crippen molar-refractivity contribution in [3.8, 4) is 0 Å². The predicted octanol–water partition coefficient (Wildman–Crippen LogP) is 2.80. The number of aromatic nitrogens is 1. The van der Waals surface area contributed by atoms with E-state index in [9.17, 15) is 4.79 Å². The Morgan fingerprint density at radius 1 is 1.35 bits per heavy atom. The van der Waals surface area contributed by atoms with Crippen LogP contribution in [0.3, 0.4) is 0 Å². The number of likely N-dealkylation sites (tertiary alicyclic amines) is 2. The number of fused-ring (bicyclic) bond motifs is 1. The van der Waals surface area contributed by atoms with E-state index in [-0.39, 0.29) is 24.8 Å². The molecule has 26 heavy (non-hydrogen) atoms. The van der Waals surface area contributed by atoms with Crippen molar-refractivity contribution in [1.29, 1.82) is 0 Å². The first-order valence-electron chi connectivity index (χ1n) is 9.24. The maximum absolute atomic E-state index is 12.2. The summed E-state index contributed by atoms with van der Waals surface area (Å²) in [7, 11) is 0. The highest BCUT2D eigenvalue weighted by molar-refractivity contribution is 5.85. The lowest BCUT2D eigenvalue weighted by Crippen LogP contribution is -2.56. The van der Waals surface area contributed by atoms with E-state index in [0.717, 1.165) is 57.0 Å². The van der Waals surface area contributed by atoms with E-state index in [4.69, 9.17) is 10.2 Å². The summed E-state index contributed by atoms with van der Waals surface area (Å²) in [6, 6.07) is 0.401. The molecular weight excluding hydrogens is 375 g/mol. The topological polar surface area (TPSA) is 75.6 Å². The number of hydrogen-bond donors (Lipinski definition) is 1. The highest BCUT2D eigenvalue weighted by atomic mass is 35.5. The average molecular weight is 407 g/mol. The van der Waals surface area contributed by atoms with Crippen molar-refractivity contribution in [2.45, 2.75) is 58.0 Å². The molecule has 1 aromatic rings. The minimum absolute atomic E-state index is 0. The fraction of sp³-hybridized carbons (Fsp3) is 0.778. The molecule has 6 nitrogen and oxygen atoms in total. The van der Waals surface area contributed by atoms with Crippen LogP contribution in [0.15, 0.2) is 10.7 Å². The maximum Gasteiger partial charge on any atom is 0.222 e. The molecule has 8 heteroatoms. The number of amides is 1. The number of nitrogens with zero attached hydrogens (tertiary/aromatic N) is 3. The Hall–Kier alpha value is -0.820. The second-order valence-electron chi connectivity index (χ2n) is 7.45. The molecule has 0 aliphatic carbocycles. The Morgan fingerprint density at radius 2 is 2.12 bits per heavy atom. The van der Waals surface area contributed by atoms with Crippen LogP contribution in [0.4, 0.5) is 0 Å². The summed E-state index contributed by atoms with van der Waals surface area (Å²) in [6.45, 7) is 8.55. The first-order valence-corrected chi connectivity index (χ1v) is 9.24. The van der Waals surface area contributed by atoms with Crippen molar-refractivity contribution < 1.29 is 9.21 Å². The van der Waals surface area contributed by atoms with Gasteiger partial charge >= 0.3 is 0 Å². The number of piperidine rings is 2. The van der Waals surface area contributed by atoms with E-state index in [2.05, 4.69) is 28.6 Å². The standard InChI is InChI=1S/C18H30N4O2.2ClH/c1-13(2)18-20-15(12-24-18)11-21-9-6-16-14(10-21)4-5-17(23)22(16)8-3-7-19;;/h12-14,16H,3-11,19H2,1-2H3;2*1H/t14-,16+;;/m0../s1. The Balaban J connectivity index is 0.00000169. The van der Waals surface area contributed by atoms with Gasteiger partial charge in [-0.25, -0.2) is 4.98 Å². The number of nitrogens with two attached hydrogens (primary N) is 1. The summed E-state index contributed by atoms with van der Waals surface area (Å²) in [5, 5.41) is 0. The summed E-state index contributed by atoms with van der Waals surface area (Å²) in [5.41, 5.74) is 6.65. The second kappa shape index (κ2) is 10.5. The van der Waals surface area contributed by atoms with Crippen LogP contribution in [0, 0.1) is 5.92 Å². The number of rotatable bonds is 6. The molecule has 3 rings (SSSR count). The highest BCUT2D eigenvalue weighted by Crippen LogP contribution is 2.32. The molecule has 150 valence electrons. The van der Waals surface area contributed by atoms with Crippen LogP contribution in [0.1, 0.15) is 57.0 Å². The van der Waals surface area contributed by atoms with Gasteiger partial charge in [-0.1, -0.05) is 13.8 Å². The number of carbonyl (C=O) groups is 1. The van der Waals surface area contributed by atoms with E-state index >= 15 is 0 Å². The van der Waals surface area contributed by atoms with E-state index in [1.165, 1.54) is 0 Å². The molecule has 2 saturated heterocycles. The lowest BCUT2D eigenvalue weighted by Gasteiger charge is -2.47. The largest absolute Gasteiger partial charge is 0.448 e. The van der Waals surface area contributed by atoms with Gasteiger partial charge < -0.3 is 15.1 Å². The molecule has 2 N–H and O–H groups in total. The normalized spacial score (nSPS) is 23.4. The van der Waals surface area contributed by atoms with Gasteiger partial charge in [0, 0.05) is 44.6 Å². The molecule has 2 aliphatic rings. The number of halogens is 2. The maximum atomic E-state index is 12.2. The van der Waals surface area contributed by atoms with E-state index in [1.54, 1.807) is 6.26 Å². The monoisotopic (exact) mass is 406 g/mol. The number of oxazole rings is 1. The van der Waals surface area contributed by atoms with Crippen molar-refractivity contribution in [2.24, 2.45) is 11.7 Å². The summed E-state index contributed by atoms with van der Waals surface area (Å²) >= 11 is 0. The van der Waals surface area contributed by atoms with E-state index in [0.29, 0.717) is 36.8 Å². The zero-order chi connectivity index (χ0) is 17.1. The van der Waals surface area contributed by atoms with Crippen molar-refractivity contribution >= 4 is 30.7 Å². The highest BCUT2D eigenvalue weighted by Gasteiger charge is 2.38. The van der Waals surface area contributed by atoms with Crippen molar-refractivity contribution in [1.82, 2.24) is 14.8 Å². The van der Waals surface area contributed by atoms with Crippen LogP contribution in [-0.2, 0) is 11.3 Å². The lowest BCUT2D eigenvalue weighted by molar-refractivity contribution is -0.141. The molecule has 1 aromatic heterocycles. The van der Waals surface area contributed by atoms with Crippen LogP contribution < -0.4 is 5.73 Å².